The van der Waals surface area contributed by atoms with Crippen LogP contribution >= 0.6 is 0 Å². The van der Waals surface area contributed by atoms with Crippen LogP contribution in [0.2, 0.25) is 0 Å². The van der Waals surface area contributed by atoms with E-state index in [1.165, 1.54) is 44.2 Å². The first-order valence-corrected chi connectivity index (χ1v) is 9.54. The maximum absolute atomic E-state index is 14.3. The van der Waals surface area contributed by atoms with Gasteiger partial charge in [-0.15, -0.1) is 0 Å². The van der Waals surface area contributed by atoms with E-state index in [1.807, 2.05) is 0 Å². The summed E-state index contributed by atoms with van der Waals surface area (Å²) in [5, 5.41) is 0. The highest BCUT2D eigenvalue weighted by atomic mass is 32.2. The number of amidine groups is 1. The van der Waals surface area contributed by atoms with E-state index >= 15 is 0 Å². The van der Waals surface area contributed by atoms with E-state index in [0.29, 0.717) is 0 Å². The first-order chi connectivity index (χ1) is 12.0. The van der Waals surface area contributed by atoms with Crippen molar-refractivity contribution in [1.29, 1.82) is 0 Å². The maximum atomic E-state index is 14.3. The summed E-state index contributed by atoms with van der Waals surface area (Å²) < 4.78 is 52.6. The van der Waals surface area contributed by atoms with Gasteiger partial charge in [0.25, 0.3) is 0 Å². The predicted octanol–water partition coefficient (Wildman–Crippen LogP) is 2.46. The van der Waals surface area contributed by atoms with Gasteiger partial charge in [0.15, 0.2) is 14.6 Å². The number of anilines is 1. The normalized spacial score (nSPS) is 27.8. The van der Waals surface area contributed by atoms with Crippen molar-refractivity contribution in [2.45, 2.75) is 24.1 Å². The van der Waals surface area contributed by atoms with Crippen LogP contribution < -0.4 is 11.5 Å². The zero-order chi connectivity index (χ0) is 19.3. The van der Waals surface area contributed by atoms with Gasteiger partial charge in [0, 0.05) is 11.3 Å². The predicted molar refractivity (Wildman–Crippen MR) is 97.3 cm³/mol. The summed E-state index contributed by atoms with van der Waals surface area (Å²) in [6.07, 6.45) is 0. The van der Waals surface area contributed by atoms with Gasteiger partial charge in [0.1, 0.15) is 23.0 Å². The van der Waals surface area contributed by atoms with Crippen molar-refractivity contribution in [2.24, 2.45) is 10.7 Å². The summed E-state index contributed by atoms with van der Waals surface area (Å²) in [5.41, 5.74) is 10.9. The molecular weight excluding hydrogens is 360 g/mol. The minimum absolute atomic E-state index is 0.0466. The van der Waals surface area contributed by atoms with Crippen molar-refractivity contribution in [3.8, 4) is 0 Å². The van der Waals surface area contributed by atoms with Gasteiger partial charge in [-0.2, -0.15) is 0 Å². The van der Waals surface area contributed by atoms with E-state index in [-0.39, 0.29) is 22.6 Å². The topological polar surface area (TPSA) is 98.5 Å². The smallest absolute Gasteiger partial charge is 0.169 e. The van der Waals surface area contributed by atoms with Crippen molar-refractivity contribution in [2.75, 3.05) is 11.5 Å². The number of aliphatic imine (C=N–C) groups is 1. The van der Waals surface area contributed by atoms with Gasteiger partial charge in [0.05, 0.1) is 5.75 Å². The molecule has 1 aliphatic heterocycles. The summed E-state index contributed by atoms with van der Waals surface area (Å²) in [7, 11) is -3.96. The molecule has 2 aromatic carbocycles. The third-order valence-corrected chi connectivity index (χ3v) is 7.53. The van der Waals surface area contributed by atoms with Crippen LogP contribution in [-0.4, -0.2) is 20.0 Å². The number of rotatable bonds is 2. The summed E-state index contributed by atoms with van der Waals surface area (Å²) in [5.74, 6) is -1.92. The van der Waals surface area contributed by atoms with Crippen LogP contribution in [-0.2, 0) is 20.1 Å². The number of nitrogens with zero attached hydrogens (tertiary/aromatic N) is 1. The fourth-order valence-electron chi connectivity index (χ4n) is 3.28. The molecule has 5 nitrogen and oxygen atoms in total. The Bertz CT molecular complexity index is 1020. The van der Waals surface area contributed by atoms with Crippen LogP contribution in [0, 0.1) is 11.6 Å². The van der Waals surface area contributed by atoms with Crippen LogP contribution in [0.25, 0.3) is 0 Å². The molecule has 0 amide bonds. The Balaban J connectivity index is 2.23. The number of sulfone groups is 1. The van der Waals surface area contributed by atoms with Crippen molar-refractivity contribution >= 4 is 21.4 Å². The van der Waals surface area contributed by atoms with E-state index < -0.39 is 37.5 Å². The lowest BCUT2D eigenvalue weighted by Crippen LogP contribution is -2.54. The number of hydrogen-bond acceptors (Lipinski definition) is 5. The van der Waals surface area contributed by atoms with Crippen LogP contribution in [0.1, 0.15) is 25.0 Å². The van der Waals surface area contributed by atoms with E-state index in [2.05, 4.69) is 4.99 Å². The van der Waals surface area contributed by atoms with Crippen LogP contribution in [0.5, 0.6) is 0 Å². The second-order valence-electron chi connectivity index (χ2n) is 6.81. The molecule has 138 valence electrons. The van der Waals surface area contributed by atoms with Gasteiger partial charge in [0.2, 0.25) is 0 Å². The average Bonchev–Trinajstić information content (AvgIpc) is 2.54. The molecule has 4 N–H and O–H groups in total. The van der Waals surface area contributed by atoms with Crippen molar-refractivity contribution in [1.82, 2.24) is 0 Å². The Morgan fingerprint density at radius 3 is 2.38 bits per heavy atom. The number of halogens is 2. The molecule has 0 unspecified atom stereocenters. The van der Waals surface area contributed by atoms with Gasteiger partial charge < -0.3 is 11.5 Å². The molecular formula is C18H19F2N3O2S. The van der Waals surface area contributed by atoms with Gasteiger partial charge in [-0.25, -0.2) is 17.2 Å². The Morgan fingerprint density at radius 2 is 1.77 bits per heavy atom. The highest BCUT2D eigenvalue weighted by Crippen LogP contribution is 2.42. The molecule has 0 aliphatic carbocycles. The van der Waals surface area contributed by atoms with Crippen LogP contribution in [0.3, 0.4) is 0 Å². The average molecular weight is 379 g/mol. The molecule has 0 spiro atoms. The zero-order valence-corrected chi connectivity index (χ0v) is 15.1. The first kappa shape index (κ1) is 18.3. The van der Waals surface area contributed by atoms with Gasteiger partial charge in [-0.3, -0.25) is 4.99 Å². The molecule has 0 bridgehead atoms. The minimum Gasteiger partial charge on any atom is -0.399 e. The molecule has 1 aliphatic rings. The largest absolute Gasteiger partial charge is 0.399 e. The van der Waals surface area contributed by atoms with Gasteiger partial charge in [-0.1, -0.05) is 12.1 Å². The summed E-state index contributed by atoms with van der Waals surface area (Å²) in [6.45, 7) is 2.87. The standard InChI is InChI=1S/C18H19F2N3O2S/c1-17(14-9-13(21)6-7-15(14)20)10-26(24,25)18(2,16(22)23-17)11-4-3-5-12(19)8-11/h3-9H,10,21H2,1-2H3,(H2,22,23)/t17-,18-/m0/s1. The highest BCUT2D eigenvalue weighted by molar-refractivity contribution is 7.93. The summed E-state index contributed by atoms with van der Waals surface area (Å²) >= 11 is 0. The molecule has 1 heterocycles. The summed E-state index contributed by atoms with van der Waals surface area (Å²) in [4.78, 5) is 4.34. The second-order valence-corrected chi connectivity index (χ2v) is 9.15. The Labute approximate surface area is 150 Å². The monoisotopic (exact) mass is 379 g/mol. The third-order valence-electron chi connectivity index (χ3n) is 4.90. The minimum atomic E-state index is -3.96. The van der Waals surface area contributed by atoms with E-state index in [1.54, 1.807) is 0 Å². The SMILES string of the molecule is C[C@@]1(c2cc(N)ccc2F)CS(=O)(=O)[C@@](C)(c2cccc(F)c2)C(N)=N1. The molecule has 0 radical (unpaired) electrons. The Hall–Kier alpha value is -2.48. The zero-order valence-electron chi connectivity index (χ0n) is 14.3. The van der Waals surface area contributed by atoms with Gasteiger partial charge >= 0.3 is 0 Å². The molecule has 0 saturated carbocycles. The lowest BCUT2D eigenvalue weighted by atomic mass is 9.91. The number of benzene rings is 2. The van der Waals surface area contributed by atoms with Crippen LogP contribution in [0.15, 0.2) is 47.5 Å². The number of hydrogen-bond donors (Lipinski definition) is 2. The highest BCUT2D eigenvalue weighted by Gasteiger charge is 2.53. The molecule has 0 aromatic heterocycles. The first-order valence-electron chi connectivity index (χ1n) is 7.89. The van der Waals surface area contributed by atoms with Gasteiger partial charge in [-0.05, 0) is 49.7 Å². The van der Waals surface area contributed by atoms with Crippen molar-refractivity contribution < 1.29 is 17.2 Å². The molecule has 3 rings (SSSR count). The van der Waals surface area contributed by atoms with Crippen LogP contribution in [0.4, 0.5) is 14.5 Å². The second kappa shape index (κ2) is 5.77. The number of nitrogen functional groups attached to an aromatic ring is 1. The molecule has 26 heavy (non-hydrogen) atoms. The fraction of sp³-hybridized carbons (Fsp3) is 0.278. The fourth-order valence-corrected chi connectivity index (χ4v) is 5.38. The van der Waals surface area contributed by atoms with E-state index in [4.69, 9.17) is 11.5 Å². The number of nitrogens with two attached hydrogens (primary N) is 2. The maximum Gasteiger partial charge on any atom is 0.169 e. The van der Waals surface area contributed by atoms with Crippen molar-refractivity contribution in [3.05, 3.63) is 65.2 Å². The quantitative estimate of drug-likeness (QED) is 0.783. The molecule has 0 saturated heterocycles. The Kier molecular flexibility index (Phi) is 4.06. The third kappa shape index (κ3) is 2.65. The molecule has 8 heteroatoms. The van der Waals surface area contributed by atoms with Crippen molar-refractivity contribution in [3.63, 3.8) is 0 Å². The van der Waals surface area contributed by atoms with E-state index in [0.717, 1.165) is 12.1 Å². The molecule has 2 aromatic rings. The lowest BCUT2D eigenvalue weighted by Gasteiger charge is -2.40. The molecule has 2 atom stereocenters. The molecule has 0 fully saturated rings. The lowest BCUT2D eigenvalue weighted by molar-refractivity contribution is 0.473. The Morgan fingerprint density at radius 1 is 1.08 bits per heavy atom. The summed E-state index contributed by atoms with van der Waals surface area (Å²) in [6, 6.07) is 9.10. The van der Waals surface area contributed by atoms with E-state index in [9.17, 15) is 17.2 Å².